The van der Waals surface area contributed by atoms with Crippen molar-refractivity contribution in [3.05, 3.63) is 46.3 Å². The second kappa shape index (κ2) is 6.61. The van der Waals surface area contributed by atoms with Gasteiger partial charge in [-0.2, -0.15) is 0 Å². The van der Waals surface area contributed by atoms with Crippen LogP contribution in [0.1, 0.15) is 12.0 Å². The van der Waals surface area contributed by atoms with Crippen molar-refractivity contribution >= 4 is 45.7 Å². The van der Waals surface area contributed by atoms with Crippen molar-refractivity contribution in [3.63, 3.8) is 0 Å². The van der Waals surface area contributed by atoms with Crippen LogP contribution in [0.5, 0.6) is 0 Å². The maximum Gasteiger partial charge on any atom is 0.144 e. The summed E-state index contributed by atoms with van der Waals surface area (Å²) in [5.74, 6) is 0.826. The third kappa shape index (κ3) is 3.09. The molecular formula is C18H20Cl2N6. The predicted octanol–water partition coefficient (Wildman–Crippen LogP) is 3.59. The van der Waals surface area contributed by atoms with E-state index in [1.54, 1.807) is 12.5 Å². The van der Waals surface area contributed by atoms with Crippen molar-refractivity contribution < 1.29 is 0 Å². The monoisotopic (exact) mass is 390 g/mol. The molecule has 4 rings (SSSR count). The van der Waals surface area contributed by atoms with Gasteiger partial charge in [-0.05, 0) is 31.0 Å². The Kier molecular flexibility index (Phi) is 4.42. The van der Waals surface area contributed by atoms with Gasteiger partial charge in [0.1, 0.15) is 17.8 Å². The van der Waals surface area contributed by atoms with Crippen LogP contribution in [0.4, 0.5) is 11.5 Å². The Morgan fingerprint density at radius 2 is 2.15 bits per heavy atom. The Hall–Kier alpha value is -2.02. The molecular weight excluding hydrogens is 371 g/mol. The molecule has 1 aliphatic rings. The molecule has 3 heterocycles. The maximum atomic E-state index is 6.66. The molecule has 136 valence electrons. The first-order chi connectivity index (χ1) is 12.5. The lowest BCUT2D eigenvalue weighted by Crippen LogP contribution is -2.48. The van der Waals surface area contributed by atoms with Gasteiger partial charge < -0.3 is 20.9 Å². The molecule has 26 heavy (non-hydrogen) atoms. The Morgan fingerprint density at radius 3 is 3.00 bits per heavy atom. The fraction of sp³-hybridized carbons (Fsp3) is 0.333. The molecule has 0 aliphatic carbocycles. The topological polar surface area (TPSA) is 82.9 Å². The number of halogens is 2. The minimum absolute atomic E-state index is 0.366. The van der Waals surface area contributed by atoms with Gasteiger partial charge in [0.25, 0.3) is 0 Å². The van der Waals surface area contributed by atoms with Gasteiger partial charge >= 0.3 is 0 Å². The molecule has 8 heteroatoms. The normalized spacial score (nSPS) is 20.1. The van der Waals surface area contributed by atoms with Crippen LogP contribution < -0.4 is 16.0 Å². The Morgan fingerprint density at radius 1 is 1.31 bits per heavy atom. The minimum atomic E-state index is -0.366. The third-order valence-corrected chi connectivity index (χ3v) is 5.69. The van der Waals surface area contributed by atoms with E-state index in [0.29, 0.717) is 18.1 Å². The number of nitrogens with zero attached hydrogens (tertiary/aromatic N) is 3. The molecule has 3 aromatic rings. The van der Waals surface area contributed by atoms with E-state index < -0.39 is 0 Å². The zero-order valence-electron chi connectivity index (χ0n) is 14.4. The van der Waals surface area contributed by atoms with Crippen LogP contribution in [-0.4, -0.2) is 40.1 Å². The van der Waals surface area contributed by atoms with E-state index in [9.17, 15) is 0 Å². The molecule has 1 aromatic carbocycles. The van der Waals surface area contributed by atoms with E-state index in [-0.39, 0.29) is 5.54 Å². The van der Waals surface area contributed by atoms with Gasteiger partial charge in [0.05, 0.1) is 15.9 Å². The van der Waals surface area contributed by atoms with E-state index >= 15 is 0 Å². The first-order valence-electron chi connectivity index (χ1n) is 8.47. The highest BCUT2D eigenvalue weighted by molar-refractivity contribution is 6.36. The lowest BCUT2D eigenvalue weighted by molar-refractivity contribution is 0.499. The van der Waals surface area contributed by atoms with Crippen molar-refractivity contribution in [2.75, 3.05) is 29.9 Å². The standard InChI is InChI=1S/C18H20Cl2N6/c1-11-12(19)3-2-4-14(11)23-8-18(21)5-6-26(9-18)17-15-13(20)7-22-16(15)24-10-25-17/h2-4,7,10,23H,5-6,8-9,21H2,1H3,(H,22,24,25). The summed E-state index contributed by atoms with van der Waals surface area (Å²) < 4.78 is 0. The number of fused-ring (bicyclic) bond motifs is 1. The lowest BCUT2D eigenvalue weighted by atomic mass is 10.00. The average molecular weight is 391 g/mol. The van der Waals surface area contributed by atoms with Gasteiger partial charge in [0.2, 0.25) is 0 Å². The Labute approximate surface area is 161 Å². The average Bonchev–Trinajstić information content (AvgIpc) is 3.20. The summed E-state index contributed by atoms with van der Waals surface area (Å²) >= 11 is 12.5. The fourth-order valence-corrected chi connectivity index (χ4v) is 3.84. The molecule has 0 amide bonds. The van der Waals surface area contributed by atoms with E-state index in [1.807, 2.05) is 25.1 Å². The van der Waals surface area contributed by atoms with Crippen LogP contribution >= 0.6 is 23.2 Å². The Bertz CT molecular complexity index is 956. The number of hydrogen-bond donors (Lipinski definition) is 3. The van der Waals surface area contributed by atoms with Crippen LogP contribution in [0, 0.1) is 6.92 Å². The lowest BCUT2D eigenvalue weighted by Gasteiger charge is -2.26. The number of H-pyrrole nitrogens is 1. The van der Waals surface area contributed by atoms with Crippen molar-refractivity contribution in [2.24, 2.45) is 5.73 Å². The molecule has 1 saturated heterocycles. The summed E-state index contributed by atoms with van der Waals surface area (Å²) in [7, 11) is 0. The highest BCUT2D eigenvalue weighted by Crippen LogP contribution is 2.33. The summed E-state index contributed by atoms with van der Waals surface area (Å²) in [6, 6.07) is 5.84. The van der Waals surface area contributed by atoms with Gasteiger partial charge in [-0.3, -0.25) is 0 Å². The van der Waals surface area contributed by atoms with Crippen LogP contribution in [0.2, 0.25) is 10.0 Å². The number of nitrogens with two attached hydrogens (primary N) is 1. The molecule has 1 aliphatic heterocycles. The number of nitrogens with one attached hydrogen (secondary N) is 2. The van der Waals surface area contributed by atoms with Crippen LogP contribution in [-0.2, 0) is 0 Å². The highest BCUT2D eigenvalue weighted by atomic mass is 35.5. The minimum Gasteiger partial charge on any atom is -0.383 e. The second-order valence-electron chi connectivity index (χ2n) is 6.86. The molecule has 0 spiro atoms. The van der Waals surface area contributed by atoms with Gasteiger partial charge in [-0.1, -0.05) is 29.3 Å². The summed E-state index contributed by atoms with van der Waals surface area (Å²) in [4.78, 5) is 13.9. The SMILES string of the molecule is Cc1c(Cl)cccc1NCC1(N)CCN(c2ncnc3[nH]cc(Cl)c23)C1. The number of hydrogen-bond acceptors (Lipinski definition) is 5. The van der Waals surface area contributed by atoms with Gasteiger partial charge in [-0.15, -0.1) is 0 Å². The zero-order valence-corrected chi connectivity index (χ0v) is 15.9. The molecule has 0 bridgehead atoms. The molecule has 6 nitrogen and oxygen atoms in total. The molecule has 4 N–H and O–H groups in total. The number of aromatic amines is 1. The largest absolute Gasteiger partial charge is 0.383 e. The quantitative estimate of drug-likeness (QED) is 0.633. The van der Waals surface area contributed by atoms with Gasteiger partial charge in [-0.25, -0.2) is 9.97 Å². The molecule has 1 atom stereocenters. The van der Waals surface area contributed by atoms with Crippen LogP contribution in [0.25, 0.3) is 11.0 Å². The van der Waals surface area contributed by atoms with E-state index in [0.717, 1.165) is 46.1 Å². The predicted molar refractivity (Wildman–Crippen MR) is 107 cm³/mol. The summed E-state index contributed by atoms with van der Waals surface area (Å²) in [5.41, 5.74) is 9.08. The molecule has 2 aromatic heterocycles. The van der Waals surface area contributed by atoms with Gasteiger partial charge in [0, 0.05) is 36.5 Å². The van der Waals surface area contributed by atoms with E-state index in [2.05, 4.69) is 25.2 Å². The van der Waals surface area contributed by atoms with E-state index in [4.69, 9.17) is 28.9 Å². The number of aromatic nitrogens is 3. The van der Waals surface area contributed by atoms with Crippen molar-refractivity contribution in [1.82, 2.24) is 15.0 Å². The second-order valence-corrected chi connectivity index (χ2v) is 7.67. The van der Waals surface area contributed by atoms with Gasteiger partial charge in [0.15, 0.2) is 0 Å². The van der Waals surface area contributed by atoms with Crippen molar-refractivity contribution in [2.45, 2.75) is 18.9 Å². The maximum absolute atomic E-state index is 6.66. The summed E-state index contributed by atoms with van der Waals surface area (Å²) in [5, 5.41) is 5.67. The van der Waals surface area contributed by atoms with Crippen molar-refractivity contribution in [1.29, 1.82) is 0 Å². The first kappa shape index (κ1) is 17.4. The number of anilines is 2. The number of benzene rings is 1. The van der Waals surface area contributed by atoms with Crippen molar-refractivity contribution in [3.8, 4) is 0 Å². The first-order valence-corrected chi connectivity index (χ1v) is 9.23. The summed E-state index contributed by atoms with van der Waals surface area (Å²) in [6.45, 7) is 4.16. The Balaban J connectivity index is 1.52. The summed E-state index contributed by atoms with van der Waals surface area (Å²) in [6.07, 6.45) is 4.14. The van der Waals surface area contributed by atoms with E-state index in [1.165, 1.54) is 0 Å². The molecule has 1 unspecified atom stereocenters. The molecule has 1 fully saturated rings. The van der Waals surface area contributed by atoms with Crippen LogP contribution in [0.15, 0.2) is 30.7 Å². The molecule has 0 radical (unpaired) electrons. The van der Waals surface area contributed by atoms with Crippen LogP contribution in [0.3, 0.4) is 0 Å². The smallest absolute Gasteiger partial charge is 0.144 e. The number of rotatable bonds is 4. The molecule has 0 saturated carbocycles. The zero-order chi connectivity index (χ0) is 18.3. The fourth-order valence-electron chi connectivity index (χ4n) is 3.44. The highest BCUT2D eigenvalue weighted by Gasteiger charge is 2.36. The third-order valence-electron chi connectivity index (χ3n) is 4.99.